The van der Waals surface area contributed by atoms with E-state index in [-0.39, 0.29) is 11.7 Å². The second kappa shape index (κ2) is 3.17. The predicted octanol–water partition coefficient (Wildman–Crippen LogP) is 0.538. The Morgan fingerprint density at radius 3 is 2.58 bits per heavy atom. The Morgan fingerprint density at radius 2 is 2.17 bits per heavy atom. The fourth-order valence-corrected chi connectivity index (χ4v) is 0.683. The molecule has 0 atom stereocenters. The molecule has 1 aromatic rings. The standard InChI is InChI=1S/C7H8N2O3/c1-4(10)6-3-7(9-8-6)12-5(2)11/h3H,1-2H3,(H,8,9). The van der Waals surface area contributed by atoms with Crippen LogP contribution in [0.3, 0.4) is 0 Å². The van der Waals surface area contributed by atoms with E-state index in [0.29, 0.717) is 5.69 Å². The fraction of sp³-hybridized carbons (Fsp3) is 0.286. The summed E-state index contributed by atoms with van der Waals surface area (Å²) in [5, 5.41) is 6.02. The summed E-state index contributed by atoms with van der Waals surface area (Å²) in [4.78, 5) is 21.2. The Labute approximate surface area is 68.7 Å². The van der Waals surface area contributed by atoms with Crippen molar-refractivity contribution in [3.05, 3.63) is 11.8 Å². The highest BCUT2D eigenvalue weighted by molar-refractivity contribution is 5.92. The maximum atomic E-state index is 10.7. The molecule has 0 aliphatic carbocycles. The first-order chi connectivity index (χ1) is 5.59. The van der Waals surface area contributed by atoms with Crippen LogP contribution in [0.25, 0.3) is 0 Å². The van der Waals surface area contributed by atoms with Crippen molar-refractivity contribution in [2.24, 2.45) is 0 Å². The van der Waals surface area contributed by atoms with Gasteiger partial charge in [-0.25, -0.2) is 0 Å². The number of aromatic nitrogens is 2. The normalized spacial score (nSPS) is 9.50. The largest absolute Gasteiger partial charge is 0.406 e. The Morgan fingerprint density at radius 1 is 1.50 bits per heavy atom. The Bertz CT molecular complexity index is 316. The summed E-state index contributed by atoms with van der Waals surface area (Å²) in [6, 6.07) is 1.38. The van der Waals surface area contributed by atoms with Gasteiger partial charge in [0.2, 0.25) is 5.88 Å². The molecular weight excluding hydrogens is 160 g/mol. The minimum absolute atomic E-state index is 0.118. The van der Waals surface area contributed by atoms with Crippen LogP contribution in [0.5, 0.6) is 5.88 Å². The maximum Gasteiger partial charge on any atom is 0.309 e. The van der Waals surface area contributed by atoms with E-state index in [2.05, 4.69) is 14.9 Å². The van der Waals surface area contributed by atoms with Gasteiger partial charge in [-0.1, -0.05) is 0 Å². The molecule has 0 fully saturated rings. The summed E-state index contributed by atoms with van der Waals surface area (Å²) >= 11 is 0. The van der Waals surface area contributed by atoms with E-state index in [1.165, 1.54) is 19.9 Å². The highest BCUT2D eigenvalue weighted by Crippen LogP contribution is 2.08. The molecule has 0 unspecified atom stereocenters. The number of Topliss-reactive ketones (excluding diaryl/α,β-unsaturated/α-hetero) is 1. The quantitative estimate of drug-likeness (QED) is 0.516. The molecule has 1 N–H and O–H groups in total. The molecule has 0 aliphatic heterocycles. The van der Waals surface area contributed by atoms with Gasteiger partial charge in [0.15, 0.2) is 5.78 Å². The summed E-state index contributed by atoms with van der Waals surface area (Å²) in [6.07, 6.45) is 0. The van der Waals surface area contributed by atoms with E-state index in [4.69, 9.17) is 0 Å². The van der Waals surface area contributed by atoms with Gasteiger partial charge in [-0.15, -0.1) is 5.10 Å². The van der Waals surface area contributed by atoms with E-state index in [9.17, 15) is 9.59 Å². The number of ketones is 1. The molecule has 0 saturated heterocycles. The van der Waals surface area contributed by atoms with E-state index >= 15 is 0 Å². The van der Waals surface area contributed by atoms with Crippen LogP contribution in [0, 0.1) is 0 Å². The third kappa shape index (κ3) is 1.91. The number of ether oxygens (including phenoxy) is 1. The second-order valence-corrected chi connectivity index (χ2v) is 2.27. The molecule has 0 bridgehead atoms. The molecule has 64 valence electrons. The third-order valence-electron chi connectivity index (χ3n) is 1.18. The Balaban J connectivity index is 2.77. The van der Waals surface area contributed by atoms with Crippen molar-refractivity contribution >= 4 is 11.8 Å². The average molecular weight is 168 g/mol. The van der Waals surface area contributed by atoms with Crippen molar-refractivity contribution in [2.75, 3.05) is 0 Å². The molecule has 0 radical (unpaired) electrons. The molecule has 0 aliphatic rings. The molecule has 0 saturated carbocycles. The monoisotopic (exact) mass is 168 g/mol. The molecular formula is C7H8N2O3. The van der Waals surface area contributed by atoms with Crippen molar-refractivity contribution < 1.29 is 14.3 Å². The number of H-pyrrole nitrogens is 1. The average Bonchev–Trinajstić information content (AvgIpc) is 2.34. The molecule has 0 spiro atoms. The summed E-state index contributed by atoms with van der Waals surface area (Å²) in [7, 11) is 0. The molecule has 12 heavy (non-hydrogen) atoms. The number of hydrogen-bond donors (Lipinski definition) is 1. The minimum Gasteiger partial charge on any atom is -0.406 e. The first-order valence-electron chi connectivity index (χ1n) is 3.34. The van der Waals surface area contributed by atoms with Crippen LogP contribution in [0.4, 0.5) is 0 Å². The number of rotatable bonds is 2. The van der Waals surface area contributed by atoms with Crippen LogP contribution >= 0.6 is 0 Å². The highest BCUT2D eigenvalue weighted by Gasteiger charge is 2.06. The SMILES string of the molecule is CC(=O)Oc1cc(C(C)=O)[nH]n1. The van der Waals surface area contributed by atoms with Gasteiger partial charge in [0.05, 0.1) is 0 Å². The molecule has 1 rings (SSSR count). The molecule has 5 heteroatoms. The number of nitrogens with one attached hydrogen (secondary N) is 1. The van der Waals surface area contributed by atoms with Gasteiger partial charge in [0, 0.05) is 19.9 Å². The zero-order chi connectivity index (χ0) is 9.14. The van der Waals surface area contributed by atoms with Gasteiger partial charge < -0.3 is 4.74 Å². The lowest BCUT2D eigenvalue weighted by atomic mass is 10.3. The first kappa shape index (κ1) is 8.45. The lowest BCUT2D eigenvalue weighted by Crippen LogP contribution is -2.01. The van der Waals surface area contributed by atoms with Gasteiger partial charge in [-0.05, 0) is 0 Å². The van der Waals surface area contributed by atoms with Gasteiger partial charge in [-0.2, -0.15) is 0 Å². The van der Waals surface area contributed by atoms with Crippen LogP contribution < -0.4 is 4.74 Å². The number of carbonyl (C=O) groups is 2. The van der Waals surface area contributed by atoms with Gasteiger partial charge >= 0.3 is 5.97 Å². The molecule has 0 aromatic carbocycles. The fourth-order valence-electron chi connectivity index (χ4n) is 0.683. The maximum absolute atomic E-state index is 10.7. The number of hydrogen-bond acceptors (Lipinski definition) is 4. The van der Waals surface area contributed by atoms with Crippen molar-refractivity contribution in [3.63, 3.8) is 0 Å². The van der Waals surface area contributed by atoms with Crippen molar-refractivity contribution in [1.82, 2.24) is 10.2 Å². The second-order valence-electron chi connectivity index (χ2n) is 2.27. The van der Waals surface area contributed by atoms with Crippen molar-refractivity contribution in [3.8, 4) is 5.88 Å². The molecule has 1 heterocycles. The van der Waals surface area contributed by atoms with Gasteiger partial charge in [0.1, 0.15) is 5.69 Å². The highest BCUT2D eigenvalue weighted by atomic mass is 16.5. The third-order valence-corrected chi connectivity index (χ3v) is 1.18. The summed E-state index contributed by atoms with van der Waals surface area (Å²) < 4.78 is 4.61. The van der Waals surface area contributed by atoms with E-state index in [0.717, 1.165) is 0 Å². The van der Waals surface area contributed by atoms with Crippen LogP contribution in [-0.4, -0.2) is 21.9 Å². The molecule has 1 aromatic heterocycles. The van der Waals surface area contributed by atoms with E-state index in [1.807, 2.05) is 0 Å². The topological polar surface area (TPSA) is 72.1 Å². The van der Waals surface area contributed by atoms with Gasteiger partial charge in [0.25, 0.3) is 0 Å². The zero-order valence-corrected chi connectivity index (χ0v) is 6.75. The first-order valence-corrected chi connectivity index (χ1v) is 3.34. The summed E-state index contributed by atoms with van der Waals surface area (Å²) in [6.45, 7) is 2.66. The van der Waals surface area contributed by atoms with Crippen LogP contribution in [-0.2, 0) is 4.79 Å². The number of nitrogens with zero attached hydrogens (tertiary/aromatic N) is 1. The molecule has 5 nitrogen and oxygen atoms in total. The minimum atomic E-state index is -0.461. The van der Waals surface area contributed by atoms with Gasteiger partial charge in [-0.3, -0.25) is 14.7 Å². The Kier molecular flexibility index (Phi) is 2.23. The number of carbonyl (C=O) groups excluding carboxylic acids is 2. The Hall–Kier alpha value is -1.65. The number of aromatic amines is 1. The van der Waals surface area contributed by atoms with Crippen molar-refractivity contribution in [2.45, 2.75) is 13.8 Å². The lowest BCUT2D eigenvalue weighted by molar-refractivity contribution is -0.132. The zero-order valence-electron chi connectivity index (χ0n) is 6.75. The van der Waals surface area contributed by atoms with E-state index in [1.54, 1.807) is 0 Å². The summed E-state index contributed by atoms with van der Waals surface area (Å²) in [5.41, 5.74) is 0.325. The predicted molar refractivity (Wildman–Crippen MR) is 39.9 cm³/mol. The smallest absolute Gasteiger partial charge is 0.309 e. The van der Waals surface area contributed by atoms with E-state index < -0.39 is 5.97 Å². The lowest BCUT2D eigenvalue weighted by Gasteiger charge is -1.90. The van der Waals surface area contributed by atoms with Crippen LogP contribution in [0.2, 0.25) is 0 Å². The van der Waals surface area contributed by atoms with Crippen LogP contribution in [0.1, 0.15) is 24.3 Å². The van der Waals surface area contributed by atoms with Crippen molar-refractivity contribution in [1.29, 1.82) is 0 Å². The number of esters is 1. The summed E-state index contributed by atoms with van der Waals surface area (Å²) in [5.74, 6) is -0.495. The van der Waals surface area contributed by atoms with Crippen LogP contribution in [0.15, 0.2) is 6.07 Å². The molecule has 0 amide bonds.